The quantitative estimate of drug-likeness (QED) is 0.503. The largest absolute Gasteiger partial charge is 0.370 e. The van der Waals surface area contributed by atoms with Gasteiger partial charge in [0.15, 0.2) is 0 Å². The topological polar surface area (TPSA) is 129 Å². The molecule has 0 saturated carbocycles. The van der Waals surface area contributed by atoms with Crippen LogP contribution in [-0.2, 0) is 22.7 Å². The lowest BCUT2D eigenvalue weighted by Crippen LogP contribution is -2.30. The lowest BCUT2D eigenvalue weighted by molar-refractivity contribution is -0.122. The molecule has 8 heteroatoms. The Kier molecular flexibility index (Phi) is 4.40. The van der Waals surface area contributed by atoms with Crippen LogP contribution in [0.2, 0.25) is 0 Å². The first-order chi connectivity index (χ1) is 7.61. The van der Waals surface area contributed by atoms with Crippen LogP contribution in [0.25, 0.3) is 0 Å². The molecule has 0 bridgehead atoms. The van der Waals surface area contributed by atoms with Crippen LogP contribution in [0.4, 0.5) is 0 Å². The number of amides is 2. The normalized spacial score (nSPS) is 10.1. The van der Waals surface area contributed by atoms with Gasteiger partial charge in [-0.15, -0.1) is 5.10 Å². The summed E-state index contributed by atoms with van der Waals surface area (Å²) < 4.78 is 1.38. The van der Waals surface area contributed by atoms with E-state index in [2.05, 4.69) is 15.6 Å². The average Bonchev–Trinajstić information content (AvgIpc) is 2.65. The molecule has 0 spiro atoms. The van der Waals surface area contributed by atoms with E-state index in [-0.39, 0.29) is 32.0 Å². The monoisotopic (exact) mass is 226 g/mol. The number of carbonyl (C=O) groups is 2. The van der Waals surface area contributed by atoms with Gasteiger partial charge in [-0.1, -0.05) is 5.21 Å². The van der Waals surface area contributed by atoms with Crippen molar-refractivity contribution in [3.05, 3.63) is 11.9 Å². The third-order valence-corrected chi connectivity index (χ3v) is 1.79. The van der Waals surface area contributed by atoms with Gasteiger partial charge in [0, 0.05) is 19.5 Å². The molecule has 1 aromatic rings. The minimum absolute atomic E-state index is 0.0474. The zero-order chi connectivity index (χ0) is 12.0. The molecule has 0 unspecified atom stereocenters. The van der Waals surface area contributed by atoms with Crippen LogP contribution in [0, 0.1) is 0 Å². The fourth-order valence-corrected chi connectivity index (χ4v) is 1.04. The minimum atomic E-state index is -0.452. The number of rotatable bonds is 6. The first kappa shape index (κ1) is 12.1. The highest BCUT2D eigenvalue weighted by Gasteiger charge is 2.05. The van der Waals surface area contributed by atoms with Crippen molar-refractivity contribution in [1.29, 1.82) is 0 Å². The van der Waals surface area contributed by atoms with Crippen LogP contribution < -0.4 is 16.8 Å². The minimum Gasteiger partial charge on any atom is -0.370 e. The molecule has 0 radical (unpaired) electrons. The van der Waals surface area contributed by atoms with Gasteiger partial charge in [-0.2, -0.15) is 0 Å². The van der Waals surface area contributed by atoms with Crippen LogP contribution >= 0.6 is 0 Å². The van der Waals surface area contributed by atoms with Gasteiger partial charge >= 0.3 is 0 Å². The second kappa shape index (κ2) is 5.81. The summed E-state index contributed by atoms with van der Waals surface area (Å²) in [5.74, 6) is -0.707. The van der Waals surface area contributed by atoms with Crippen molar-refractivity contribution in [1.82, 2.24) is 20.3 Å². The Hall–Kier alpha value is -1.96. The molecule has 0 aromatic carbocycles. The Bertz CT molecular complexity index is 374. The number of carbonyl (C=O) groups excluding carboxylic acids is 2. The second-order valence-corrected chi connectivity index (χ2v) is 3.18. The molecule has 88 valence electrons. The molecule has 1 rings (SSSR count). The van der Waals surface area contributed by atoms with E-state index in [1.54, 1.807) is 6.20 Å². The van der Waals surface area contributed by atoms with Crippen LogP contribution in [0.5, 0.6) is 0 Å². The van der Waals surface area contributed by atoms with Crippen LogP contribution in [0.3, 0.4) is 0 Å². The third kappa shape index (κ3) is 4.05. The van der Waals surface area contributed by atoms with Crippen LogP contribution in [0.15, 0.2) is 6.20 Å². The van der Waals surface area contributed by atoms with Gasteiger partial charge in [0.1, 0.15) is 6.54 Å². The molecule has 0 aliphatic rings. The van der Waals surface area contributed by atoms with Crippen molar-refractivity contribution in [2.24, 2.45) is 11.5 Å². The standard InChI is InChI=1S/C8H14N6O2/c9-3-6-4-14(13-12-6)5-8(16)11-2-1-7(10)15/h4H,1-3,5,9H2,(H2,10,15)(H,11,16). The molecule has 0 aliphatic heterocycles. The van der Waals surface area contributed by atoms with Gasteiger partial charge in [-0.25, -0.2) is 4.68 Å². The third-order valence-electron chi connectivity index (χ3n) is 1.79. The van der Waals surface area contributed by atoms with E-state index in [1.807, 2.05) is 0 Å². The highest BCUT2D eigenvalue weighted by molar-refractivity contribution is 5.77. The SMILES string of the molecule is NCc1cn(CC(=O)NCCC(N)=O)nn1. The maximum Gasteiger partial charge on any atom is 0.241 e. The maximum atomic E-state index is 11.3. The predicted molar refractivity (Wildman–Crippen MR) is 54.7 cm³/mol. The summed E-state index contributed by atoms with van der Waals surface area (Å²) in [6.45, 7) is 0.557. The fourth-order valence-electron chi connectivity index (χ4n) is 1.04. The molecule has 1 aromatic heterocycles. The zero-order valence-corrected chi connectivity index (χ0v) is 8.72. The molecule has 8 nitrogen and oxygen atoms in total. The summed E-state index contributed by atoms with van der Waals surface area (Å²) in [4.78, 5) is 21.7. The summed E-state index contributed by atoms with van der Waals surface area (Å²) in [7, 11) is 0. The lowest BCUT2D eigenvalue weighted by atomic mass is 10.4. The first-order valence-electron chi connectivity index (χ1n) is 4.76. The summed E-state index contributed by atoms with van der Waals surface area (Å²) in [6, 6.07) is 0. The Morgan fingerprint density at radius 2 is 2.25 bits per heavy atom. The van der Waals surface area contributed by atoms with Crippen molar-refractivity contribution in [3.8, 4) is 0 Å². The second-order valence-electron chi connectivity index (χ2n) is 3.18. The molecule has 1 heterocycles. The van der Waals surface area contributed by atoms with E-state index in [0.717, 1.165) is 0 Å². The van der Waals surface area contributed by atoms with E-state index >= 15 is 0 Å². The van der Waals surface area contributed by atoms with E-state index in [4.69, 9.17) is 11.5 Å². The number of hydrogen-bond acceptors (Lipinski definition) is 5. The molecule has 0 fully saturated rings. The van der Waals surface area contributed by atoms with Gasteiger partial charge < -0.3 is 16.8 Å². The van der Waals surface area contributed by atoms with Crippen LogP contribution in [0.1, 0.15) is 12.1 Å². The smallest absolute Gasteiger partial charge is 0.241 e. The van der Waals surface area contributed by atoms with Gasteiger partial charge in [-0.3, -0.25) is 9.59 Å². The number of nitrogens with one attached hydrogen (secondary N) is 1. The van der Waals surface area contributed by atoms with E-state index in [9.17, 15) is 9.59 Å². The Labute approximate surface area is 92.0 Å². The van der Waals surface area contributed by atoms with Crippen molar-refractivity contribution in [2.45, 2.75) is 19.5 Å². The molecule has 0 aliphatic carbocycles. The molecule has 2 amide bonds. The fraction of sp³-hybridized carbons (Fsp3) is 0.500. The first-order valence-corrected chi connectivity index (χ1v) is 4.76. The summed E-state index contributed by atoms with van der Waals surface area (Å²) in [5, 5.41) is 9.96. The highest BCUT2D eigenvalue weighted by atomic mass is 16.2. The maximum absolute atomic E-state index is 11.3. The molecule has 16 heavy (non-hydrogen) atoms. The molecular weight excluding hydrogens is 212 g/mol. The van der Waals surface area contributed by atoms with Gasteiger partial charge in [0.25, 0.3) is 0 Å². The van der Waals surface area contributed by atoms with Crippen molar-refractivity contribution in [3.63, 3.8) is 0 Å². The average molecular weight is 226 g/mol. The highest BCUT2D eigenvalue weighted by Crippen LogP contribution is 1.90. The Morgan fingerprint density at radius 1 is 1.50 bits per heavy atom. The summed E-state index contributed by atoms with van der Waals surface area (Å²) in [5.41, 5.74) is 10.9. The molecule has 5 N–H and O–H groups in total. The van der Waals surface area contributed by atoms with Crippen molar-refractivity contribution in [2.75, 3.05) is 6.54 Å². The molecule has 0 atom stereocenters. The zero-order valence-electron chi connectivity index (χ0n) is 8.72. The van der Waals surface area contributed by atoms with Crippen LogP contribution in [-0.4, -0.2) is 33.4 Å². The summed E-state index contributed by atoms with van der Waals surface area (Å²) >= 11 is 0. The Balaban J connectivity index is 2.31. The number of aromatic nitrogens is 3. The van der Waals surface area contributed by atoms with E-state index < -0.39 is 5.91 Å². The van der Waals surface area contributed by atoms with E-state index in [1.165, 1.54) is 4.68 Å². The number of nitrogens with zero attached hydrogens (tertiary/aromatic N) is 3. The van der Waals surface area contributed by atoms with Gasteiger partial charge in [-0.05, 0) is 0 Å². The predicted octanol–water partition coefficient (Wildman–Crippen LogP) is -2.27. The van der Waals surface area contributed by atoms with Gasteiger partial charge in [0.2, 0.25) is 11.8 Å². The van der Waals surface area contributed by atoms with E-state index in [0.29, 0.717) is 5.69 Å². The molecular formula is C8H14N6O2. The van der Waals surface area contributed by atoms with Gasteiger partial charge in [0.05, 0.1) is 11.9 Å². The lowest BCUT2D eigenvalue weighted by Gasteiger charge is -2.02. The van der Waals surface area contributed by atoms with Crippen molar-refractivity contribution < 1.29 is 9.59 Å². The van der Waals surface area contributed by atoms with Crippen molar-refractivity contribution >= 4 is 11.8 Å². The number of hydrogen-bond donors (Lipinski definition) is 3. The summed E-state index contributed by atoms with van der Waals surface area (Å²) in [6.07, 6.45) is 1.71. The Morgan fingerprint density at radius 3 is 2.81 bits per heavy atom. The number of nitrogens with two attached hydrogens (primary N) is 2. The molecule has 0 saturated heterocycles. The number of primary amides is 1.